The lowest BCUT2D eigenvalue weighted by Gasteiger charge is -2.15. The molecule has 1 heterocycles. The van der Waals surface area contributed by atoms with Crippen LogP contribution in [-0.4, -0.2) is 22.9 Å². The number of hydrogen-bond donors (Lipinski definition) is 1. The molecule has 0 spiro atoms. The van der Waals surface area contributed by atoms with E-state index in [-0.39, 0.29) is 18.2 Å². The minimum Gasteiger partial charge on any atom is -0.494 e. The maximum absolute atomic E-state index is 12.8. The summed E-state index contributed by atoms with van der Waals surface area (Å²) in [5.74, 6) is 0.677. The molecule has 3 aromatic rings. The molecular formula is C23H26N2O3. The van der Waals surface area contributed by atoms with E-state index in [4.69, 9.17) is 4.74 Å². The topological polar surface area (TPSA) is 60.3 Å². The van der Waals surface area contributed by atoms with Gasteiger partial charge in [0.25, 0.3) is 0 Å². The summed E-state index contributed by atoms with van der Waals surface area (Å²) in [6.07, 6.45) is 1.79. The molecule has 0 saturated carbocycles. The number of amides is 1. The van der Waals surface area contributed by atoms with Crippen molar-refractivity contribution >= 4 is 28.3 Å². The van der Waals surface area contributed by atoms with Crippen molar-refractivity contribution in [3.05, 3.63) is 60.3 Å². The van der Waals surface area contributed by atoms with Gasteiger partial charge < -0.3 is 14.6 Å². The van der Waals surface area contributed by atoms with Crippen LogP contribution in [0, 0.1) is 5.41 Å². The molecule has 0 aliphatic rings. The molecule has 0 aliphatic heterocycles. The Kier molecular flexibility index (Phi) is 5.54. The highest BCUT2D eigenvalue weighted by atomic mass is 16.5. The van der Waals surface area contributed by atoms with E-state index in [9.17, 15) is 9.59 Å². The fourth-order valence-electron chi connectivity index (χ4n) is 3.12. The molecule has 5 nitrogen and oxygen atoms in total. The van der Waals surface area contributed by atoms with Gasteiger partial charge in [0.1, 0.15) is 12.3 Å². The minimum absolute atomic E-state index is 0.0642. The molecule has 3 rings (SSSR count). The minimum atomic E-state index is -0.487. The van der Waals surface area contributed by atoms with E-state index >= 15 is 0 Å². The molecule has 1 amide bonds. The Labute approximate surface area is 165 Å². The Morgan fingerprint density at radius 3 is 2.36 bits per heavy atom. The van der Waals surface area contributed by atoms with Crippen LogP contribution < -0.4 is 10.1 Å². The summed E-state index contributed by atoms with van der Waals surface area (Å²) in [4.78, 5) is 25.4. The summed E-state index contributed by atoms with van der Waals surface area (Å²) in [5, 5.41) is 3.76. The highest BCUT2D eigenvalue weighted by Crippen LogP contribution is 2.28. The Hall–Kier alpha value is -3.08. The number of hydrogen-bond acceptors (Lipinski definition) is 3. The molecule has 0 atom stereocenters. The van der Waals surface area contributed by atoms with Crippen LogP contribution in [0.5, 0.6) is 5.75 Å². The zero-order valence-corrected chi connectivity index (χ0v) is 16.8. The number of carbonyl (C=O) groups excluding carboxylic acids is 2. The van der Waals surface area contributed by atoms with E-state index in [0.717, 1.165) is 16.7 Å². The van der Waals surface area contributed by atoms with Crippen molar-refractivity contribution in [2.24, 2.45) is 5.41 Å². The van der Waals surface area contributed by atoms with Crippen molar-refractivity contribution in [3.63, 3.8) is 0 Å². The van der Waals surface area contributed by atoms with Crippen LogP contribution in [0.2, 0.25) is 0 Å². The lowest BCUT2D eigenvalue weighted by Crippen LogP contribution is -2.20. The molecule has 0 aliphatic carbocycles. The molecule has 5 heteroatoms. The van der Waals surface area contributed by atoms with Gasteiger partial charge in [-0.05, 0) is 37.3 Å². The van der Waals surface area contributed by atoms with Crippen LogP contribution >= 0.6 is 0 Å². The number of para-hydroxylation sites is 1. The van der Waals surface area contributed by atoms with E-state index < -0.39 is 5.41 Å². The Morgan fingerprint density at radius 2 is 1.71 bits per heavy atom. The first-order chi connectivity index (χ1) is 13.3. The maximum atomic E-state index is 12.8. The first kappa shape index (κ1) is 19.7. The lowest BCUT2D eigenvalue weighted by molar-refractivity contribution is -0.116. The van der Waals surface area contributed by atoms with Gasteiger partial charge >= 0.3 is 0 Å². The van der Waals surface area contributed by atoms with Crippen LogP contribution in [0.1, 0.15) is 38.1 Å². The summed E-state index contributed by atoms with van der Waals surface area (Å²) in [6.45, 7) is 8.36. The summed E-state index contributed by atoms with van der Waals surface area (Å²) in [6, 6.07) is 14.9. The van der Waals surface area contributed by atoms with E-state index in [1.165, 1.54) is 0 Å². The summed E-state index contributed by atoms with van der Waals surface area (Å²) in [5.41, 5.74) is 1.74. The van der Waals surface area contributed by atoms with Crippen molar-refractivity contribution in [1.82, 2.24) is 4.57 Å². The van der Waals surface area contributed by atoms with Gasteiger partial charge in [-0.15, -0.1) is 0 Å². The molecule has 2 aromatic carbocycles. The van der Waals surface area contributed by atoms with Crippen LogP contribution in [0.4, 0.5) is 5.69 Å². The quantitative estimate of drug-likeness (QED) is 0.620. The summed E-state index contributed by atoms with van der Waals surface area (Å²) >= 11 is 0. The molecular weight excluding hydrogens is 352 g/mol. The van der Waals surface area contributed by atoms with E-state index in [0.29, 0.717) is 17.9 Å². The van der Waals surface area contributed by atoms with Crippen molar-refractivity contribution in [2.75, 3.05) is 11.9 Å². The van der Waals surface area contributed by atoms with Gasteiger partial charge in [0.05, 0.1) is 6.61 Å². The largest absolute Gasteiger partial charge is 0.494 e. The number of benzene rings is 2. The highest BCUT2D eigenvalue weighted by Gasteiger charge is 2.26. The lowest BCUT2D eigenvalue weighted by atomic mass is 9.86. The second kappa shape index (κ2) is 7.89. The maximum Gasteiger partial charge on any atom is 0.244 e. The summed E-state index contributed by atoms with van der Waals surface area (Å²) in [7, 11) is 0. The van der Waals surface area contributed by atoms with Crippen LogP contribution in [0.15, 0.2) is 54.7 Å². The number of aromatic nitrogens is 1. The number of ketones is 1. The Balaban J connectivity index is 1.82. The molecule has 0 radical (unpaired) electrons. The SMILES string of the molecule is CCOc1ccc(NC(=O)Cn2cc(C(=O)C(C)(C)C)c3ccccc32)cc1. The first-order valence-electron chi connectivity index (χ1n) is 9.45. The fourth-order valence-corrected chi connectivity index (χ4v) is 3.12. The standard InChI is InChI=1S/C23H26N2O3/c1-5-28-17-12-10-16(11-13-17)24-21(26)15-25-14-19(22(27)23(2,3)4)18-8-6-7-9-20(18)25/h6-14H,5,15H2,1-4H3,(H,24,26). The van der Waals surface area contributed by atoms with Crippen molar-refractivity contribution < 1.29 is 14.3 Å². The molecule has 0 saturated heterocycles. The highest BCUT2D eigenvalue weighted by molar-refractivity contribution is 6.10. The number of Topliss-reactive ketones (excluding diaryl/α,β-unsaturated/α-hetero) is 1. The Morgan fingerprint density at radius 1 is 1.04 bits per heavy atom. The van der Waals surface area contributed by atoms with Gasteiger partial charge in [-0.3, -0.25) is 9.59 Å². The van der Waals surface area contributed by atoms with Crippen LogP contribution in [0.25, 0.3) is 10.9 Å². The number of anilines is 1. The number of carbonyl (C=O) groups is 2. The molecule has 28 heavy (non-hydrogen) atoms. The number of ether oxygens (including phenoxy) is 1. The second-order valence-corrected chi connectivity index (χ2v) is 7.77. The molecule has 0 unspecified atom stereocenters. The van der Waals surface area contributed by atoms with Gasteiger partial charge in [0.2, 0.25) is 5.91 Å². The zero-order valence-electron chi connectivity index (χ0n) is 16.8. The molecule has 1 aromatic heterocycles. The predicted molar refractivity (Wildman–Crippen MR) is 112 cm³/mol. The third-order valence-corrected chi connectivity index (χ3v) is 4.48. The smallest absolute Gasteiger partial charge is 0.244 e. The molecule has 0 fully saturated rings. The van der Waals surface area contributed by atoms with Crippen molar-refractivity contribution in [1.29, 1.82) is 0 Å². The van der Waals surface area contributed by atoms with Gasteiger partial charge in [-0.1, -0.05) is 39.0 Å². The van der Waals surface area contributed by atoms with Crippen molar-refractivity contribution in [2.45, 2.75) is 34.2 Å². The molecule has 0 bridgehead atoms. The monoisotopic (exact) mass is 378 g/mol. The Bertz CT molecular complexity index is 995. The third kappa shape index (κ3) is 4.25. The average Bonchev–Trinajstić information content (AvgIpc) is 3.00. The number of nitrogens with one attached hydrogen (secondary N) is 1. The third-order valence-electron chi connectivity index (χ3n) is 4.48. The molecule has 146 valence electrons. The van der Waals surface area contributed by atoms with Crippen LogP contribution in [-0.2, 0) is 11.3 Å². The molecule has 1 N–H and O–H groups in total. The second-order valence-electron chi connectivity index (χ2n) is 7.77. The fraction of sp³-hybridized carbons (Fsp3) is 0.304. The van der Waals surface area contributed by atoms with Gasteiger partial charge in [0.15, 0.2) is 5.78 Å². The van der Waals surface area contributed by atoms with E-state index in [2.05, 4.69) is 5.32 Å². The average molecular weight is 378 g/mol. The van der Waals surface area contributed by atoms with E-state index in [1.54, 1.807) is 6.20 Å². The van der Waals surface area contributed by atoms with Crippen LogP contribution in [0.3, 0.4) is 0 Å². The van der Waals surface area contributed by atoms with Crippen molar-refractivity contribution in [3.8, 4) is 5.75 Å². The van der Waals surface area contributed by atoms with Gasteiger partial charge in [-0.25, -0.2) is 0 Å². The normalized spacial score (nSPS) is 11.4. The summed E-state index contributed by atoms with van der Waals surface area (Å²) < 4.78 is 7.25. The number of fused-ring (bicyclic) bond motifs is 1. The van der Waals surface area contributed by atoms with Gasteiger partial charge in [0, 0.05) is 33.8 Å². The zero-order chi connectivity index (χ0) is 20.3. The number of rotatable bonds is 6. The van der Waals surface area contributed by atoms with E-state index in [1.807, 2.05) is 80.8 Å². The number of nitrogens with zero attached hydrogens (tertiary/aromatic N) is 1. The first-order valence-corrected chi connectivity index (χ1v) is 9.45. The predicted octanol–water partition coefficient (Wildman–Crippen LogP) is 4.91. The van der Waals surface area contributed by atoms with Gasteiger partial charge in [-0.2, -0.15) is 0 Å².